The van der Waals surface area contributed by atoms with Crippen molar-refractivity contribution in [2.45, 2.75) is 99.8 Å². The third kappa shape index (κ3) is 10.8. The molecule has 0 spiro atoms. The Kier molecular flexibility index (Phi) is 14.8. The van der Waals surface area contributed by atoms with Crippen LogP contribution in [-0.2, 0) is 41.5 Å². The van der Waals surface area contributed by atoms with Gasteiger partial charge in [-0.1, -0.05) is 118 Å². The van der Waals surface area contributed by atoms with Crippen molar-refractivity contribution in [2.75, 3.05) is 0 Å². The fraction of sp³-hybridized carbons (Fsp3) is 0.425. The van der Waals surface area contributed by atoms with Gasteiger partial charge in [0, 0.05) is 0 Å². The van der Waals surface area contributed by atoms with Crippen molar-refractivity contribution in [3.05, 3.63) is 118 Å². The fourth-order valence-electron chi connectivity index (χ4n) is 5.32. The summed E-state index contributed by atoms with van der Waals surface area (Å²) in [6.45, 7) is 24.8. The summed E-state index contributed by atoms with van der Waals surface area (Å²) in [6, 6.07) is 25.5. The van der Waals surface area contributed by atoms with Gasteiger partial charge in [-0.05, 0) is 28.4 Å². The summed E-state index contributed by atoms with van der Waals surface area (Å²) in [5.74, 6) is 0.522. The molecule has 0 N–H and O–H groups in total. The van der Waals surface area contributed by atoms with E-state index in [9.17, 15) is 0 Å². The number of hydrogen-bond acceptors (Lipinski definition) is 0. The zero-order valence-electron chi connectivity index (χ0n) is 28.2. The third-order valence-corrected chi connectivity index (χ3v) is 8.55. The summed E-state index contributed by atoms with van der Waals surface area (Å²) in [7, 11) is 0. The Hall–Kier alpha value is -1.53. The van der Waals surface area contributed by atoms with Crippen molar-refractivity contribution in [1.82, 2.24) is 0 Å². The molecule has 0 bridgehead atoms. The fourth-order valence-corrected chi connectivity index (χ4v) is 5.79. The van der Waals surface area contributed by atoms with Gasteiger partial charge in [0.1, 0.15) is 0 Å². The molecule has 43 heavy (non-hydrogen) atoms. The van der Waals surface area contributed by atoms with Gasteiger partial charge in [0.15, 0.2) is 0 Å². The summed E-state index contributed by atoms with van der Waals surface area (Å²) in [6.07, 6.45) is 7.98. The van der Waals surface area contributed by atoms with Gasteiger partial charge < -0.3 is 24.8 Å². The molecular formula is C40H50Cl2Zr-2. The second-order valence-electron chi connectivity index (χ2n) is 14.5. The normalized spacial score (nSPS) is 15.1. The topological polar surface area (TPSA) is 0 Å². The number of benzene rings is 3. The zero-order chi connectivity index (χ0) is 30.6. The van der Waals surface area contributed by atoms with E-state index in [0.717, 1.165) is 12.8 Å². The predicted molar refractivity (Wildman–Crippen MR) is 176 cm³/mol. The summed E-state index contributed by atoms with van der Waals surface area (Å²) < 4.78 is 2.17. The van der Waals surface area contributed by atoms with Crippen LogP contribution in [0.4, 0.5) is 0 Å². The molecule has 0 amide bonds. The molecular weight excluding hydrogens is 643 g/mol. The first kappa shape index (κ1) is 39.5. The minimum absolute atomic E-state index is 0. The Morgan fingerprint density at radius 2 is 1.40 bits per heavy atom. The van der Waals surface area contributed by atoms with Gasteiger partial charge in [-0.2, -0.15) is 35.4 Å². The van der Waals surface area contributed by atoms with E-state index >= 15 is 0 Å². The van der Waals surface area contributed by atoms with Gasteiger partial charge in [0.05, 0.1) is 0 Å². The summed E-state index contributed by atoms with van der Waals surface area (Å²) in [5, 5.41) is 0. The molecule has 0 saturated carbocycles. The molecule has 0 nitrogen and oxygen atoms in total. The van der Waals surface area contributed by atoms with Crippen molar-refractivity contribution >= 4 is 3.71 Å². The van der Waals surface area contributed by atoms with E-state index in [1.54, 1.807) is 0 Å². The van der Waals surface area contributed by atoms with Gasteiger partial charge in [-0.3, -0.25) is 6.08 Å². The van der Waals surface area contributed by atoms with Gasteiger partial charge in [0.25, 0.3) is 0 Å². The molecule has 0 aliphatic heterocycles. The molecule has 1 atom stereocenters. The van der Waals surface area contributed by atoms with Crippen molar-refractivity contribution in [3.8, 4) is 11.1 Å². The maximum absolute atomic E-state index is 3.67. The van der Waals surface area contributed by atoms with E-state index in [4.69, 9.17) is 0 Å². The van der Waals surface area contributed by atoms with Gasteiger partial charge in [0.2, 0.25) is 0 Å². The Labute approximate surface area is 291 Å². The molecule has 2 aliphatic carbocycles. The first-order valence-corrected chi connectivity index (χ1v) is 16.6. The van der Waals surface area contributed by atoms with Crippen LogP contribution in [0.3, 0.4) is 0 Å². The Bertz CT molecular complexity index is 1350. The van der Waals surface area contributed by atoms with Crippen LogP contribution in [0.25, 0.3) is 11.1 Å². The van der Waals surface area contributed by atoms with Crippen LogP contribution >= 0.6 is 0 Å². The number of allylic oxidation sites excluding steroid dienone is 4. The molecule has 0 saturated heterocycles. The molecule has 0 heterocycles. The maximum atomic E-state index is 3.67. The average molecular weight is 693 g/mol. The van der Waals surface area contributed by atoms with Gasteiger partial charge >= 0.3 is 63.8 Å². The van der Waals surface area contributed by atoms with E-state index < -0.39 is 0 Å². The predicted octanol–water partition coefficient (Wildman–Crippen LogP) is 4.79. The first-order valence-electron chi connectivity index (χ1n) is 15.1. The van der Waals surface area contributed by atoms with E-state index in [2.05, 4.69) is 153 Å². The van der Waals surface area contributed by atoms with Crippen molar-refractivity contribution in [1.29, 1.82) is 0 Å². The third-order valence-electron chi connectivity index (χ3n) is 7.74. The van der Waals surface area contributed by atoms with Crippen LogP contribution in [0.1, 0.15) is 110 Å². The Morgan fingerprint density at radius 1 is 0.791 bits per heavy atom. The Balaban J connectivity index is 0.000000357. The molecule has 3 heteroatoms. The van der Waals surface area contributed by atoms with Gasteiger partial charge in [-0.15, -0.1) is 11.1 Å². The number of halogens is 2. The number of rotatable bonds is 2. The zero-order valence-corrected chi connectivity index (χ0v) is 32.1. The van der Waals surface area contributed by atoms with Crippen LogP contribution in [0.5, 0.6) is 0 Å². The van der Waals surface area contributed by atoms with E-state index in [-0.39, 0.29) is 35.6 Å². The van der Waals surface area contributed by atoms with Crippen LogP contribution in [-0.4, -0.2) is 3.71 Å². The number of hydrogen-bond donors (Lipinski definition) is 0. The monoisotopic (exact) mass is 690 g/mol. The number of fused-ring (bicyclic) bond motifs is 3. The molecule has 3 aromatic carbocycles. The molecule has 3 aromatic rings. The van der Waals surface area contributed by atoms with Gasteiger partial charge in [-0.25, -0.2) is 5.57 Å². The molecule has 230 valence electrons. The SMILES string of the molecule is CC(C)(C)c1[c-]c2c(cc1)-c1ccc(C(C)(C)C)cc1C2.CCC1=[C-]C(C)C=C1C(C)(C)C.[Cl-].[Cl-].[Zr+2]=[CH]c1ccccc1. The van der Waals surface area contributed by atoms with Crippen LogP contribution < -0.4 is 24.8 Å². The minimum atomic E-state index is 0. The summed E-state index contributed by atoms with van der Waals surface area (Å²) in [4.78, 5) is 0. The molecule has 0 fully saturated rings. The molecule has 2 aliphatic rings. The molecule has 5 rings (SSSR count). The van der Waals surface area contributed by atoms with Crippen molar-refractivity contribution in [3.63, 3.8) is 0 Å². The van der Waals surface area contributed by atoms with Crippen LogP contribution in [0, 0.1) is 23.5 Å². The van der Waals surface area contributed by atoms with Crippen molar-refractivity contribution in [2.24, 2.45) is 11.3 Å². The summed E-state index contributed by atoms with van der Waals surface area (Å²) >= 11 is 1.46. The van der Waals surface area contributed by atoms with E-state index in [0.29, 0.717) is 11.3 Å². The molecule has 1 unspecified atom stereocenters. The Morgan fingerprint density at radius 3 is 1.86 bits per heavy atom. The summed E-state index contributed by atoms with van der Waals surface area (Å²) in [5.41, 5.74) is 13.2. The standard InChI is InChI=1S/C21H25.C12H19.C7H6.2ClH.Zr/c1-20(2,3)16-7-9-18-14(12-16)11-15-13-17(21(4,5)6)8-10-19(15)18;1-6-10-7-9(2)8-11(10)12(3,4)5;1-7-5-3-2-4-6-7;;;/h7-10,12H,11H2,1-6H3;8-9H,6H2,1-5H3;1-6H;2*1H;/q2*-1;;;;+2/p-2. The van der Waals surface area contributed by atoms with E-state index in [1.165, 1.54) is 74.3 Å². The van der Waals surface area contributed by atoms with Crippen LogP contribution in [0.2, 0.25) is 0 Å². The molecule has 0 radical (unpaired) electrons. The first-order chi connectivity index (χ1) is 19.0. The molecule has 0 aromatic heterocycles. The van der Waals surface area contributed by atoms with Crippen LogP contribution in [0.15, 0.2) is 77.9 Å². The average Bonchev–Trinajstić information content (AvgIpc) is 3.48. The quantitative estimate of drug-likeness (QED) is 0.265. The second-order valence-corrected chi connectivity index (χ2v) is 15.2. The van der Waals surface area contributed by atoms with Crippen molar-refractivity contribution < 1.29 is 49.0 Å². The van der Waals surface area contributed by atoms with E-state index in [1.807, 2.05) is 6.07 Å². The second kappa shape index (κ2) is 16.2.